The zero-order valence-corrected chi connectivity index (χ0v) is 12.0. The zero-order valence-electron chi connectivity index (χ0n) is 12.0. The second-order valence-corrected chi connectivity index (χ2v) is 4.91. The van der Waals surface area contributed by atoms with Crippen molar-refractivity contribution >= 4 is 17.8 Å². The second-order valence-electron chi connectivity index (χ2n) is 4.91. The normalized spacial score (nSPS) is 14.1. The van der Waals surface area contributed by atoms with E-state index in [9.17, 15) is 18.8 Å². The lowest BCUT2D eigenvalue weighted by Crippen LogP contribution is -2.44. The van der Waals surface area contributed by atoms with Gasteiger partial charge < -0.3 is 0 Å². The maximum absolute atomic E-state index is 13.0. The number of benzene rings is 1. The SMILES string of the molecule is Cc1c(C(=O)NN2CC(=O)NC2=O)cnn1-c1ccc(F)cc1. The Morgan fingerprint density at radius 1 is 1.30 bits per heavy atom. The molecule has 1 aromatic carbocycles. The predicted molar refractivity (Wildman–Crippen MR) is 76.0 cm³/mol. The van der Waals surface area contributed by atoms with Gasteiger partial charge in [0.2, 0.25) is 5.91 Å². The van der Waals surface area contributed by atoms with Crippen LogP contribution < -0.4 is 10.7 Å². The van der Waals surface area contributed by atoms with E-state index in [2.05, 4.69) is 15.8 Å². The first-order chi connectivity index (χ1) is 11.0. The Balaban J connectivity index is 1.81. The minimum Gasteiger partial charge on any atom is -0.275 e. The number of hydrogen-bond donors (Lipinski definition) is 2. The van der Waals surface area contributed by atoms with Crippen LogP contribution >= 0.6 is 0 Å². The number of aromatic nitrogens is 2. The van der Waals surface area contributed by atoms with Crippen molar-refractivity contribution in [3.63, 3.8) is 0 Å². The number of carbonyl (C=O) groups excluding carboxylic acids is 3. The van der Waals surface area contributed by atoms with Crippen molar-refractivity contribution < 1.29 is 18.8 Å². The third kappa shape index (κ3) is 2.76. The first-order valence-corrected chi connectivity index (χ1v) is 6.68. The van der Waals surface area contributed by atoms with Gasteiger partial charge in [-0.05, 0) is 31.2 Å². The van der Waals surface area contributed by atoms with Crippen molar-refractivity contribution in [2.24, 2.45) is 0 Å². The molecule has 0 unspecified atom stereocenters. The summed E-state index contributed by atoms with van der Waals surface area (Å²) < 4.78 is 14.4. The fourth-order valence-electron chi connectivity index (χ4n) is 2.19. The average Bonchev–Trinajstić information content (AvgIpc) is 3.03. The Labute approximate surface area is 129 Å². The zero-order chi connectivity index (χ0) is 16.6. The molecule has 118 valence electrons. The van der Waals surface area contributed by atoms with Gasteiger partial charge in [-0.1, -0.05) is 0 Å². The fourth-order valence-corrected chi connectivity index (χ4v) is 2.19. The molecule has 1 aromatic heterocycles. The van der Waals surface area contributed by atoms with Gasteiger partial charge in [-0.25, -0.2) is 18.9 Å². The number of nitrogens with zero attached hydrogens (tertiary/aromatic N) is 3. The Kier molecular flexibility index (Phi) is 3.53. The monoisotopic (exact) mass is 317 g/mol. The molecule has 8 nitrogen and oxygen atoms in total. The van der Waals surface area contributed by atoms with Crippen molar-refractivity contribution in [2.45, 2.75) is 6.92 Å². The lowest BCUT2D eigenvalue weighted by Gasteiger charge is -2.14. The number of imide groups is 1. The summed E-state index contributed by atoms with van der Waals surface area (Å²) in [6.07, 6.45) is 1.34. The Morgan fingerprint density at radius 2 is 2.00 bits per heavy atom. The number of carbonyl (C=O) groups is 3. The molecule has 0 aliphatic carbocycles. The minimum absolute atomic E-state index is 0.237. The largest absolute Gasteiger partial charge is 0.343 e. The first kappa shape index (κ1) is 14.7. The van der Waals surface area contributed by atoms with Gasteiger partial charge in [-0.2, -0.15) is 5.10 Å². The number of nitrogens with one attached hydrogen (secondary N) is 2. The molecule has 1 saturated heterocycles. The van der Waals surface area contributed by atoms with Crippen molar-refractivity contribution in [3.05, 3.63) is 47.5 Å². The third-order valence-electron chi connectivity index (χ3n) is 3.36. The van der Waals surface area contributed by atoms with Crippen LogP contribution in [0.5, 0.6) is 0 Å². The summed E-state index contributed by atoms with van der Waals surface area (Å²) in [6, 6.07) is 4.95. The highest BCUT2D eigenvalue weighted by Crippen LogP contribution is 2.15. The Hall–Kier alpha value is -3.23. The molecule has 0 bridgehead atoms. The lowest BCUT2D eigenvalue weighted by molar-refractivity contribution is -0.118. The molecule has 2 N–H and O–H groups in total. The standard InChI is InChI=1S/C14H12FN5O3/c1-8-11(13(22)18-19-7-12(21)17-14(19)23)6-16-20(8)10-4-2-9(15)3-5-10/h2-6H,7H2,1H3,(H,18,22)(H,17,21,23). The van der Waals surface area contributed by atoms with Gasteiger partial charge in [0, 0.05) is 0 Å². The molecule has 0 radical (unpaired) electrons. The van der Waals surface area contributed by atoms with E-state index in [1.54, 1.807) is 6.92 Å². The Morgan fingerprint density at radius 3 is 2.61 bits per heavy atom. The maximum atomic E-state index is 13.0. The molecular weight excluding hydrogens is 305 g/mol. The molecule has 1 aliphatic rings. The predicted octanol–water partition coefficient (Wildman–Crippen LogP) is 0.516. The van der Waals surface area contributed by atoms with Crippen molar-refractivity contribution in [1.82, 2.24) is 25.5 Å². The van der Waals surface area contributed by atoms with Crippen LogP contribution in [0.2, 0.25) is 0 Å². The molecule has 3 rings (SSSR count). The molecule has 1 aliphatic heterocycles. The molecule has 1 fully saturated rings. The average molecular weight is 317 g/mol. The van der Waals surface area contributed by atoms with Crippen LogP contribution in [-0.4, -0.2) is 39.2 Å². The van der Waals surface area contributed by atoms with Gasteiger partial charge in [0.15, 0.2) is 0 Å². The first-order valence-electron chi connectivity index (χ1n) is 6.68. The number of halogens is 1. The summed E-state index contributed by atoms with van der Waals surface area (Å²) in [7, 11) is 0. The molecule has 9 heteroatoms. The van der Waals surface area contributed by atoms with Crippen LogP contribution in [0.3, 0.4) is 0 Å². The van der Waals surface area contributed by atoms with E-state index < -0.39 is 17.8 Å². The molecule has 2 aromatic rings. The van der Waals surface area contributed by atoms with Gasteiger partial charge in [0.25, 0.3) is 5.91 Å². The summed E-state index contributed by atoms with van der Waals surface area (Å²) in [6.45, 7) is 1.43. The van der Waals surface area contributed by atoms with E-state index in [4.69, 9.17) is 0 Å². The summed E-state index contributed by atoms with van der Waals surface area (Å²) in [5.41, 5.74) is 3.68. The van der Waals surface area contributed by atoms with Crippen LogP contribution in [0.15, 0.2) is 30.5 Å². The Bertz CT molecular complexity index is 799. The highest BCUT2D eigenvalue weighted by Gasteiger charge is 2.29. The summed E-state index contributed by atoms with van der Waals surface area (Å²) in [5.74, 6) is -1.43. The number of hydrogen-bond acceptors (Lipinski definition) is 4. The summed E-state index contributed by atoms with van der Waals surface area (Å²) in [4.78, 5) is 34.7. The summed E-state index contributed by atoms with van der Waals surface area (Å²) >= 11 is 0. The molecule has 0 atom stereocenters. The lowest BCUT2D eigenvalue weighted by atomic mass is 10.2. The quantitative estimate of drug-likeness (QED) is 0.807. The fraction of sp³-hybridized carbons (Fsp3) is 0.143. The van der Waals surface area contributed by atoms with E-state index in [1.807, 2.05) is 0 Å². The number of amides is 4. The smallest absolute Gasteiger partial charge is 0.275 e. The van der Waals surface area contributed by atoms with Crippen molar-refractivity contribution in [2.75, 3.05) is 6.54 Å². The summed E-state index contributed by atoms with van der Waals surface area (Å²) in [5, 5.41) is 7.03. The van der Waals surface area contributed by atoms with Gasteiger partial charge in [-0.15, -0.1) is 0 Å². The number of hydrazine groups is 1. The van der Waals surface area contributed by atoms with E-state index in [-0.39, 0.29) is 17.9 Å². The third-order valence-corrected chi connectivity index (χ3v) is 3.36. The molecule has 4 amide bonds. The molecule has 0 saturated carbocycles. The van der Waals surface area contributed by atoms with Gasteiger partial charge in [0.1, 0.15) is 12.4 Å². The van der Waals surface area contributed by atoms with Crippen LogP contribution in [0, 0.1) is 12.7 Å². The van der Waals surface area contributed by atoms with Crippen LogP contribution in [0.1, 0.15) is 16.1 Å². The topological polar surface area (TPSA) is 96.3 Å². The highest BCUT2D eigenvalue weighted by molar-refractivity contribution is 6.04. The van der Waals surface area contributed by atoms with E-state index >= 15 is 0 Å². The molecule has 0 spiro atoms. The van der Waals surface area contributed by atoms with Crippen LogP contribution in [-0.2, 0) is 4.79 Å². The minimum atomic E-state index is -0.688. The van der Waals surface area contributed by atoms with E-state index in [0.29, 0.717) is 11.4 Å². The van der Waals surface area contributed by atoms with Crippen molar-refractivity contribution in [3.8, 4) is 5.69 Å². The number of urea groups is 1. The van der Waals surface area contributed by atoms with Crippen LogP contribution in [0.25, 0.3) is 5.69 Å². The highest BCUT2D eigenvalue weighted by atomic mass is 19.1. The molecular formula is C14H12FN5O3. The van der Waals surface area contributed by atoms with Gasteiger partial charge in [0.05, 0.1) is 23.1 Å². The van der Waals surface area contributed by atoms with E-state index in [1.165, 1.54) is 35.1 Å². The van der Waals surface area contributed by atoms with Crippen LogP contribution in [0.4, 0.5) is 9.18 Å². The van der Waals surface area contributed by atoms with Gasteiger partial charge in [-0.3, -0.25) is 20.3 Å². The molecule has 23 heavy (non-hydrogen) atoms. The second kappa shape index (κ2) is 5.52. The maximum Gasteiger partial charge on any atom is 0.343 e. The van der Waals surface area contributed by atoms with E-state index in [0.717, 1.165) is 5.01 Å². The molecule has 2 heterocycles. The number of rotatable bonds is 3. The van der Waals surface area contributed by atoms with Gasteiger partial charge >= 0.3 is 6.03 Å². The van der Waals surface area contributed by atoms with Crippen molar-refractivity contribution in [1.29, 1.82) is 0 Å².